The van der Waals surface area contributed by atoms with Crippen LogP contribution in [0.1, 0.15) is 37.7 Å². The normalized spacial score (nSPS) is 24.0. The van der Waals surface area contributed by atoms with Gasteiger partial charge < -0.3 is 19.8 Å². The van der Waals surface area contributed by atoms with E-state index in [0.29, 0.717) is 31.9 Å². The van der Waals surface area contributed by atoms with Gasteiger partial charge >= 0.3 is 0 Å². The molecule has 1 aromatic heterocycles. The van der Waals surface area contributed by atoms with Crippen molar-refractivity contribution in [1.29, 1.82) is 0 Å². The van der Waals surface area contributed by atoms with E-state index in [4.69, 9.17) is 9.15 Å². The molecule has 0 aliphatic heterocycles. The van der Waals surface area contributed by atoms with E-state index in [9.17, 15) is 9.59 Å². The van der Waals surface area contributed by atoms with E-state index in [0.717, 1.165) is 24.8 Å². The largest absolute Gasteiger partial charge is 0.472 e. The number of nitrogens with one attached hydrogen (secondary N) is 2. The minimum atomic E-state index is 0.0263. The molecule has 24 heavy (non-hydrogen) atoms. The molecule has 2 unspecified atom stereocenters. The standard InChI is InChI=1S/C18H26N2O4/c1-23-7-4-16(21)20-15-10-14(18(15)5-2-6-18)11-19-17(22)9-13-3-8-24-12-13/h3,8,12,14-15H,2,4-7,9-11H2,1H3,(H,19,22)(H,20,21). The van der Waals surface area contributed by atoms with Crippen molar-refractivity contribution in [2.24, 2.45) is 11.3 Å². The summed E-state index contributed by atoms with van der Waals surface area (Å²) in [6.07, 6.45) is 8.39. The Morgan fingerprint density at radius 2 is 2.21 bits per heavy atom. The number of hydrogen-bond acceptors (Lipinski definition) is 4. The maximum Gasteiger partial charge on any atom is 0.224 e. The number of hydrogen-bond donors (Lipinski definition) is 2. The van der Waals surface area contributed by atoms with Crippen LogP contribution in [0, 0.1) is 11.3 Å². The van der Waals surface area contributed by atoms with Crippen LogP contribution in [0.4, 0.5) is 0 Å². The smallest absolute Gasteiger partial charge is 0.224 e. The summed E-state index contributed by atoms with van der Waals surface area (Å²) in [4.78, 5) is 23.9. The van der Waals surface area contributed by atoms with Crippen molar-refractivity contribution in [1.82, 2.24) is 10.6 Å². The Bertz CT molecular complexity index is 566. The van der Waals surface area contributed by atoms with E-state index in [1.807, 2.05) is 6.07 Å². The molecule has 0 aromatic carbocycles. The molecular weight excluding hydrogens is 308 g/mol. The molecule has 0 saturated heterocycles. The van der Waals surface area contributed by atoms with Gasteiger partial charge in [-0.3, -0.25) is 9.59 Å². The maximum absolute atomic E-state index is 12.0. The Labute approximate surface area is 142 Å². The fourth-order valence-corrected chi connectivity index (χ4v) is 4.05. The van der Waals surface area contributed by atoms with Crippen LogP contribution in [0.3, 0.4) is 0 Å². The van der Waals surface area contributed by atoms with Crippen LogP contribution in [0.2, 0.25) is 0 Å². The average molecular weight is 334 g/mol. The van der Waals surface area contributed by atoms with Crippen molar-refractivity contribution in [3.05, 3.63) is 24.2 Å². The molecule has 3 rings (SSSR count). The first-order chi connectivity index (χ1) is 11.6. The Balaban J connectivity index is 1.44. The molecule has 2 aliphatic carbocycles. The van der Waals surface area contributed by atoms with E-state index in [1.165, 1.54) is 6.42 Å². The van der Waals surface area contributed by atoms with Gasteiger partial charge in [-0.2, -0.15) is 0 Å². The second-order valence-corrected chi connectivity index (χ2v) is 6.99. The minimum absolute atomic E-state index is 0.0263. The molecule has 1 heterocycles. The van der Waals surface area contributed by atoms with Crippen molar-refractivity contribution in [3.8, 4) is 0 Å². The number of methoxy groups -OCH3 is 1. The number of furan rings is 1. The molecule has 6 nitrogen and oxygen atoms in total. The first kappa shape index (κ1) is 17.0. The summed E-state index contributed by atoms with van der Waals surface area (Å²) < 4.78 is 9.93. The molecule has 2 N–H and O–H groups in total. The lowest BCUT2D eigenvalue weighted by atomic mass is 9.47. The quantitative estimate of drug-likeness (QED) is 0.757. The number of carbonyl (C=O) groups excluding carboxylic acids is 2. The summed E-state index contributed by atoms with van der Waals surface area (Å²) in [7, 11) is 1.60. The van der Waals surface area contributed by atoms with Crippen LogP contribution in [-0.2, 0) is 20.7 Å². The van der Waals surface area contributed by atoms with E-state index in [2.05, 4.69) is 10.6 Å². The third-order valence-electron chi connectivity index (χ3n) is 5.67. The Morgan fingerprint density at radius 1 is 1.38 bits per heavy atom. The van der Waals surface area contributed by atoms with Gasteiger partial charge in [0.1, 0.15) is 0 Å². The number of ether oxygens (including phenoxy) is 1. The maximum atomic E-state index is 12.0. The van der Waals surface area contributed by atoms with Crippen LogP contribution in [0.15, 0.2) is 23.0 Å². The van der Waals surface area contributed by atoms with Crippen molar-refractivity contribution in [2.75, 3.05) is 20.3 Å². The van der Waals surface area contributed by atoms with Crippen molar-refractivity contribution < 1.29 is 18.7 Å². The van der Waals surface area contributed by atoms with Gasteiger partial charge in [-0.1, -0.05) is 6.42 Å². The molecule has 6 heteroatoms. The Morgan fingerprint density at radius 3 is 2.83 bits per heavy atom. The van der Waals surface area contributed by atoms with Crippen LogP contribution in [0.5, 0.6) is 0 Å². The number of carbonyl (C=O) groups is 2. The van der Waals surface area contributed by atoms with Gasteiger partial charge in [0, 0.05) is 26.1 Å². The van der Waals surface area contributed by atoms with Gasteiger partial charge in [0.15, 0.2) is 0 Å². The van der Waals surface area contributed by atoms with E-state index >= 15 is 0 Å². The molecule has 1 spiro atoms. The minimum Gasteiger partial charge on any atom is -0.472 e. The predicted octanol–water partition coefficient (Wildman–Crippen LogP) is 1.65. The van der Waals surface area contributed by atoms with E-state index in [1.54, 1.807) is 19.6 Å². The topological polar surface area (TPSA) is 80.6 Å². The van der Waals surface area contributed by atoms with Gasteiger partial charge in [0.05, 0.1) is 25.6 Å². The van der Waals surface area contributed by atoms with Crippen molar-refractivity contribution >= 4 is 11.8 Å². The van der Waals surface area contributed by atoms with Gasteiger partial charge in [-0.25, -0.2) is 0 Å². The molecule has 2 atom stereocenters. The molecule has 0 radical (unpaired) electrons. The second kappa shape index (κ2) is 7.38. The van der Waals surface area contributed by atoms with Gasteiger partial charge in [-0.05, 0) is 42.2 Å². The molecule has 2 saturated carbocycles. The second-order valence-electron chi connectivity index (χ2n) is 6.99. The summed E-state index contributed by atoms with van der Waals surface area (Å²) in [6, 6.07) is 2.06. The number of rotatable bonds is 8. The van der Waals surface area contributed by atoms with Crippen LogP contribution in [0.25, 0.3) is 0 Å². The molecule has 0 bridgehead atoms. The SMILES string of the molecule is COCCC(=O)NC1CC(CNC(=O)Cc2ccoc2)C12CCC2. The summed E-state index contributed by atoms with van der Waals surface area (Å²) in [5, 5.41) is 6.20. The first-order valence-corrected chi connectivity index (χ1v) is 8.70. The Kier molecular flexibility index (Phi) is 5.23. The highest BCUT2D eigenvalue weighted by Gasteiger charge is 2.58. The van der Waals surface area contributed by atoms with Crippen molar-refractivity contribution in [3.63, 3.8) is 0 Å². The highest BCUT2D eigenvalue weighted by atomic mass is 16.5. The van der Waals surface area contributed by atoms with E-state index < -0.39 is 0 Å². The third-order valence-corrected chi connectivity index (χ3v) is 5.67. The fraction of sp³-hybridized carbons (Fsp3) is 0.667. The molecule has 2 fully saturated rings. The summed E-state index contributed by atoms with van der Waals surface area (Å²) >= 11 is 0. The first-order valence-electron chi connectivity index (χ1n) is 8.70. The zero-order valence-corrected chi connectivity index (χ0v) is 14.2. The monoisotopic (exact) mass is 334 g/mol. The van der Waals surface area contributed by atoms with Crippen LogP contribution < -0.4 is 10.6 Å². The van der Waals surface area contributed by atoms with Gasteiger partial charge in [0.25, 0.3) is 0 Å². The highest BCUT2D eigenvalue weighted by molar-refractivity contribution is 5.78. The lowest BCUT2D eigenvalue weighted by molar-refractivity contribution is -0.135. The predicted molar refractivity (Wildman–Crippen MR) is 88.2 cm³/mol. The number of amides is 2. The molecule has 1 aromatic rings. The Hall–Kier alpha value is -1.82. The van der Waals surface area contributed by atoms with Crippen molar-refractivity contribution in [2.45, 2.75) is 44.6 Å². The molecule has 2 amide bonds. The highest BCUT2D eigenvalue weighted by Crippen LogP contribution is 2.59. The average Bonchev–Trinajstić information content (AvgIpc) is 2.99. The van der Waals surface area contributed by atoms with Crippen LogP contribution >= 0.6 is 0 Å². The third kappa shape index (κ3) is 3.48. The van der Waals surface area contributed by atoms with Crippen LogP contribution in [-0.4, -0.2) is 38.1 Å². The summed E-state index contributed by atoms with van der Waals surface area (Å²) in [5.41, 5.74) is 1.09. The van der Waals surface area contributed by atoms with E-state index in [-0.39, 0.29) is 23.3 Å². The molecule has 2 aliphatic rings. The van der Waals surface area contributed by atoms with Gasteiger partial charge in [0.2, 0.25) is 11.8 Å². The summed E-state index contributed by atoms with van der Waals surface area (Å²) in [5.74, 6) is 0.557. The lowest BCUT2D eigenvalue weighted by Gasteiger charge is -2.62. The fourth-order valence-electron chi connectivity index (χ4n) is 4.05. The molecular formula is C18H26N2O4. The lowest BCUT2D eigenvalue weighted by Crippen LogP contribution is -2.66. The van der Waals surface area contributed by atoms with Gasteiger partial charge in [-0.15, -0.1) is 0 Å². The zero-order chi connectivity index (χ0) is 17.0. The summed E-state index contributed by atoms with van der Waals surface area (Å²) in [6.45, 7) is 1.15. The zero-order valence-electron chi connectivity index (χ0n) is 14.2. The molecule has 132 valence electrons.